The van der Waals surface area contributed by atoms with Crippen LogP contribution in [-0.4, -0.2) is 15.0 Å². The lowest BCUT2D eigenvalue weighted by Gasteiger charge is -2.15. The van der Waals surface area contributed by atoms with Crippen molar-refractivity contribution in [3.63, 3.8) is 0 Å². The molecule has 0 aliphatic heterocycles. The Morgan fingerprint density at radius 3 is 1.44 bits per heavy atom. The van der Waals surface area contributed by atoms with E-state index in [0.29, 0.717) is 17.5 Å². The second-order valence-electron chi connectivity index (χ2n) is 15.2. The van der Waals surface area contributed by atoms with Crippen LogP contribution in [0.5, 0.6) is 0 Å². The van der Waals surface area contributed by atoms with E-state index in [1.54, 1.807) is 0 Å². The van der Waals surface area contributed by atoms with Gasteiger partial charge in [0.1, 0.15) is 11.2 Å². The quantitative estimate of drug-likeness (QED) is 0.176. The maximum atomic E-state index is 6.63. The third-order valence-corrected chi connectivity index (χ3v) is 11.7. The number of hydrogen-bond acceptors (Lipinski definition) is 4. The molecule has 0 spiro atoms. The molecular weight excluding hydrogens is 719 g/mol. The Labute approximate surface area is 339 Å². The molecule has 0 atom stereocenters. The summed E-state index contributed by atoms with van der Waals surface area (Å²) in [5.41, 5.74) is 9.23. The van der Waals surface area contributed by atoms with Crippen LogP contribution in [0.2, 0.25) is 0 Å². The average Bonchev–Trinajstić information content (AvgIpc) is 3.69. The Balaban J connectivity index is 1.07. The fourth-order valence-corrected chi connectivity index (χ4v) is 8.77. The summed E-state index contributed by atoms with van der Waals surface area (Å²) in [4.78, 5) is 15.6. The summed E-state index contributed by atoms with van der Waals surface area (Å²) < 4.78 is 6.63. The molecule has 0 aliphatic rings. The predicted molar refractivity (Wildman–Crippen MR) is 244 cm³/mol. The van der Waals surface area contributed by atoms with Crippen LogP contribution in [0.3, 0.4) is 0 Å². The minimum atomic E-state index is 0.628. The average molecular weight is 752 g/mol. The van der Waals surface area contributed by atoms with Gasteiger partial charge in [-0.2, -0.15) is 0 Å². The number of aromatic nitrogens is 3. The van der Waals surface area contributed by atoms with Gasteiger partial charge in [0.2, 0.25) is 0 Å². The first-order valence-electron chi connectivity index (χ1n) is 19.9. The van der Waals surface area contributed by atoms with Crippen LogP contribution in [0.15, 0.2) is 205 Å². The molecule has 4 nitrogen and oxygen atoms in total. The van der Waals surface area contributed by atoms with Crippen LogP contribution in [-0.2, 0) is 0 Å². The molecule has 59 heavy (non-hydrogen) atoms. The number of hydrogen-bond donors (Lipinski definition) is 0. The van der Waals surface area contributed by atoms with Gasteiger partial charge in [0, 0.05) is 32.8 Å². The van der Waals surface area contributed by atoms with Crippen LogP contribution in [0.25, 0.3) is 121 Å². The molecule has 12 aromatic rings. The van der Waals surface area contributed by atoms with E-state index >= 15 is 0 Å². The van der Waals surface area contributed by atoms with Gasteiger partial charge in [-0.1, -0.05) is 164 Å². The highest BCUT2D eigenvalue weighted by atomic mass is 16.3. The van der Waals surface area contributed by atoms with Crippen molar-refractivity contribution in [3.8, 4) is 56.4 Å². The van der Waals surface area contributed by atoms with Gasteiger partial charge in [-0.15, -0.1) is 0 Å². The largest absolute Gasteiger partial charge is 0.455 e. The SMILES string of the molecule is c1ccc(-c2ccc3oc4c5ccccc5c(-c5ccc(-c6nc(-c7ccc8ccccc8c7)nc(-c7ccc8ccccc8c7)n6)c6ccccc56)cc4c3c2)cc1. The molecule has 0 N–H and O–H groups in total. The lowest BCUT2D eigenvalue weighted by Crippen LogP contribution is -2.01. The first-order chi connectivity index (χ1) is 29.2. The Hall–Kier alpha value is -7.95. The number of benzene rings is 10. The molecule has 10 aromatic carbocycles. The van der Waals surface area contributed by atoms with E-state index in [0.717, 1.165) is 87.6 Å². The molecule has 0 saturated heterocycles. The number of rotatable bonds is 5. The maximum absolute atomic E-state index is 6.63. The van der Waals surface area contributed by atoms with Crippen molar-refractivity contribution in [3.05, 3.63) is 200 Å². The molecule has 2 heterocycles. The van der Waals surface area contributed by atoms with Gasteiger partial charge in [0.05, 0.1) is 0 Å². The molecule has 0 bridgehead atoms. The van der Waals surface area contributed by atoms with Crippen molar-refractivity contribution in [1.82, 2.24) is 15.0 Å². The van der Waals surface area contributed by atoms with Gasteiger partial charge < -0.3 is 4.42 Å². The van der Waals surface area contributed by atoms with Crippen molar-refractivity contribution in [2.24, 2.45) is 0 Å². The molecule has 4 heteroatoms. The molecule has 0 saturated carbocycles. The van der Waals surface area contributed by atoms with E-state index in [-0.39, 0.29) is 0 Å². The fourth-order valence-electron chi connectivity index (χ4n) is 8.77. The van der Waals surface area contributed by atoms with Crippen LogP contribution in [0.4, 0.5) is 0 Å². The van der Waals surface area contributed by atoms with Gasteiger partial charge >= 0.3 is 0 Å². The van der Waals surface area contributed by atoms with Gasteiger partial charge in [-0.05, 0) is 96.4 Å². The van der Waals surface area contributed by atoms with Crippen molar-refractivity contribution in [1.29, 1.82) is 0 Å². The van der Waals surface area contributed by atoms with Crippen LogP contribution in [0.1, 0.15) is 0 Å². The summed E-state index contributed by atoms with van der Waals surface area (Å²) in [7, 11) is 0. The van der Waals surface area contributed by atoms with E-state index in [9.17, 15) is 0 Å². The molecule has 0 aliphatic carbocycles. The predicted octanol–water partition coefficient (Wildman–Crippen LogP) is 14.7. The minimum absolute atomic E-state index is 0.628. The summed E-state index contributed by atoms with van der Waals surface area (Å²) in [6, 6.07) is 70.6. The molecule has 0 fully saturated rings. The lowest BCUT2D eigenvalue weighted by atomic mass is 9.90. The van der Waals surface area contributed by atoms with Gasteiger partial charge in [-0.3, -0.25) is 0 Å². The molecule has 12 rings (SSSR count). The van der Waals surface area contributed by atoms with Crippen molar-refractivity contribution < 1.29 is 4.42 Å². The summed E-state index contributed by atoms with van der Waals surface area (Å²) >= 11 is 0. The van der Waals surface area contributed by atoms with Crippen molar-refractivity contribution in [2.75, 3.05) is 0 Å². The topological polar surface area (TPSA) is 51.8 Å². The Morgan fingerprint density at radius 1 is 0.271 bits per heavy atom. The molecule has 0 unspecified atom stereocenters. The first kappa shape index (κ1) is 33.2. The van der Waals surface area contributed by atoms with Crippen molar-refractivity contribution in [2.45, 2.75) is 0 Å². The van der Waals surface area contributed by atoms with Crippen LogP contribution >= 0.6 is 0 Å². The Kier molecular flexibility index (Phi) is 7.50. The van der Waals surface area contributed by atoms with Crippen LogP contribution in [0, 0.1) is 0 Å². The maximum Gasteiger partial charge on any atom is 0.164 e. The Morgan fingerprint density at radius 2 is 0.780 bits per heavy atom. The monoisotopic (exact) mass is 751 g/mol. The highest BCUT2D eigenvalue weighted by Gasteiger charge is 2.20. The molecule has 274 valence electrons. The fraction of sp³-hybridized carbons (Fsp3) is 0. The highest BCUT2D eigenvalue weighted by molar-refractivity contribution is 6.21. The Bertz CT molecular complexity index is 3530. The third-order valence-electron chi connectivity index (χ3n) is 11.7. The zero-order chi connectivity index (χ0) is 38.9. The van der Waals surface area contributed by atoms with E-state index in [1.807, 2.05) is 0 Å². The normalized spacial score (nSPS) is 11.7. The van der Waals surface area contributed by atoms with E-state index in [1.165, 1.54) is 16.3 Å². The van der Waals surface area contributed by atoms with E-state index in [4.69, 9.17) is 19.4 Å². The second-order valence-corrected chi connectivity index (χ2v) is 15.2. The van der Waals surface area contributed by atoms with Gasteiger partial charge in [0.25, 0.3) is 0 Å². The standard InChI is InChI=1S/C55H33N3O/c1-2-12-34(13-3-1)39-26-29-51-49(32-39)50-33-48(44-20-10-11-21-46(44)52(50)59-51)45-27-28-47(43-19-9-8-18-42(43)45)55-57-53(40-24-22-35-14-4-6-16-37(35)30-40)56-54(58-55)41-25-23-36-15-5-7-17-38(36)31-41/h1-33H. The second kappa shape index (κ2) is 13.3. The zero-order valence-electron chi connectivity index (χ0n) is 31.8. The first-order valence-corrected chi connectivity index (χ1v) is 19.9. The minimum Gasteiger partial charge on any atom is -0.455 e. The molecule has 2 aromatic heterocycles. The highest BCUT2D eigenvalue weighted by Crippen LogP contribution is 2.44. The molecular formula is C55H33N3O. The molecule has 0 radical (unpaired) electrons. The lowest BCUT2D eigenvalue weighted by molar-refractivity contribution is 0.673. The van der Waals surface area contributed by atoms with Gasteiger partial charge in [0.15, 0.2) is 17.5 Å². The number of nitrogens with zero attached hydrogens (tertiary/aromatic N) is 3. The number of fused-ring (bicyclic) bond motifs is 8. The zero-order valence-corrected chi connectivity index (χ0v) is 31.8. The van der Waals surface area contributed by atoms with E-state index in [2.05, 4.69) is 200 Å². The summed E-state index contributed by atoms with van der Waals surface area (Å²) in [5, 5.41) is 11.2. The smallest absolute Gasteiger partial charge is 0.164 e. The van der Waals surface area contributed by atoms with Crippen molar-refractivity contribution >= 4 is 65.0 Å². The summed E-state index contributed by atoms with van der Waals surface area (Å²) in [6.45, 7) is 0. The van der Waals surface area contributed by atoms with Gasteiger partial charge in [-0.25, -0.2) is 15.0 Å². The summed E-state index contributed by atoms with van der Waals surface area (Å²) in [6.07, 6.45) is 0. The number of furan rings is 1. The van der Waals surface area contributed by atoms with Crippen LogP contribution < -0.4 is 0 Å². The molecule has 0 amide bonds. The third kappa shape index (κ3) is 5.57. The van der Waals surface area contributed by atoms with E-state index < -0.39 is 0 Å². The summed E-state index contributed by atoms with van der Waals surface area (Å²) in [5.74, 6) is 1.90.